The van der Waals surface area contributed by atoms with E-state index in [-0.39, 0.29) is 11.8 Å². The monoisotopic (exact) mass is 266 g/mol. The molecule has 0 radical (unpaired) electrons. The molecule has 0 aliphatic carbocycles. The Morgan fingerprint density at radius 2 is 2.22 bits per heavy atom. The van der Waals surface area contributed by atoms with Crippen molar-refractivity contribution >= 4 is 27.4 Å². The van der Waals surface area contributed by atoms with Crippen LogP contribution >= 0.6 is 11.3 Å². The van der Waals surface area contributed by atoms with E-state index >= 15 is 0 Å². The third-order valence-electron chi connectivity index (χ3n) is 2.82. The average Bonchev–Trinajstić information content (AvgIpc) is 2.68. The summed E-state index contributed by atoms with van der Waals surface area (Å²) in [6.07, 6.45) is 1.83. The van der Waals surface area contributed by atoms with Crippen molar-refractivity contribution in [2.45, 2.75) is 26.7 Å². The highest BCUT2D eigenvalue weighted by Crippen LogP contribution is 2.32. The number of carbonyl (C=O) groups excluding carboxylic acids is 1. The predicted octanol–water partition coefficient (Wildman–Crippen LogP) is 4.31. The highest BCUT2D eigenvalue weighted by molar-refractivity contribution is 7.21. The molecule has 1 heterocycles. The molecular weight excluding hydrogens is 251 g/mol. The third-order valence-corrected chi connectivity index (χ3v) is 4.06. The maximum atomic E-state index is 13.7. The van der Waals surface area contributed by atoms with Gasteiger partial charge >= 0.3 is 5.97 Å². The van der Waals surface area contributed by atoms with Gasteiger partial charge in [0.15, 0.2) is 0 Å². The Morgan fingerprint density at radius 1 is 1.44 bits per heavy atom. The highest BCUT2D eigenvalue weighted by Gasteiger charge is 2.18. The van der Waals surface area contributed by atoms with E-state index in [1.165, 1.54) is 17.4 Å². The molecule has 0 aliphatic heterocycles. The van der Waals surface area contributed by atoms with Gasteiger partial charge in [-0.15, -0.1) is 11.3 Å². The lowest BCUT2D eigenvalue weighted by atomic mass is 10.1. The zero-order chi connectivity index (χ0) is 13.1. The van der Waals surface area contributed by atoms with Crippen molar-refractivity contribution in [1.82, 2.24) is 0 Å². The van der Waals surface area contributed by atoms with Crippen molar-refractivity contribution < 1.29 is 13.9 Å². The van der Waals surface area contributed by atoms with E-state index in [1.54, 1.807) is 13.0 Å². The van der Waals surface area contributed by atoms with E-state index in [2.05, 4.69) is 0 Å². The molecule has 1 aromatic heterocycles. The molecule has 0 bridgehead atoms. The molecule has 2 nitrogen and oxygen atoms in total. The number of esters is 1. The van der Waals surface area contributed by atoms with Crippen LogP contribution in [0.3, 0.4) is 0 Å². The molecule has 2 aromatic rings. The topological polar surface area (TPSA) is 26.3 Å². The molecule has 0 atom stereocenters. The minimum atomic E-state index is -0.346. The van der Waals surface area contributed by atoms with Crippen LogP contribution in [0, 0.1) is 12.7 Å². The zero-order valence-corrected chi connectivity index (χ0v) is 11.3. The van der Waals surface area contributed by atoms with Gasteiger partial charge in [0.1, 0.15) is 10.7 Å². The fraction of sp³-hybridized carbons (Fsp3) is 0.357. The van der Waals surface area contributed by atoms with Gasteiger partial charge in [-0.1, -0.05) is 19.4 Å². The van der Waals surface area contributed by atoms with E-state index in [0.29, 0.717) is 22.4 Å². The molecule has 1 aromatic carbocycles. The number of rotatable bonds is 4. The van der Waals surface area contributed by atoms with Crippen LogP contribution in [0.5, 0.6) is 0 Å². The van der Waals surface area contributed by atoms with Crippen molar-refractivity contribution in [2.24, 2.45) is 0 Å². The number of hydrogen-bond donors (Lipinski definition) is 0. The number of hydrogen-bond acceptors (Lipinski definition) is 3. The largest absolute Gasteiger partial charge is 0.462 e. The zero-order valence-electron chi connectivity index (χ0n) is 10.5. The van der Waals surface area contributed by atoms with Crippen LogP contribution in [0.2, 0.25) is 0 Å². The maximum Gasteiger partial charge on any atom is 0.348 e. The minimum absolute atomic E-state index is 0.283. The van der Waals surface area contributed by atoms with Crippen LogP contribution in [0.4, 0.5) is 4.39 Å². The van der Waals surface area contributed by atoms with Gasteiger partial charge in [-0.25, -0.2) is 9.18 Å². The van der Waals surface area contributed by atoms with Gasteiger partial charge in [0, 0.05) is 10.1 Å². The SMILES string of the molecule is CCCCOC(=O)c1sc2cccc(F)c2c1C. The molecular formula is C14H15FO2S. The number of benzene rings is 1. The molecule has 0 saturated carbocycles. The second-order valence-electron chi connectivity index (χ2n) is 4.16. The molecule has 4 heteroatoms. The summed E-state index contributed by atoms with van der Waals surface area (Å²) >= 11 is 1.29. The summed E-state index contributed by atoms with van der Waals surface area (Å²) in [5.74, 6) is -0.629. The Labute approximate surface area is 109 Å². The van der Waals surface area contributed by atoms with Crippen molar-refractivity contribution in [3.63, 3.8) is 0 Å². The number of unbranched alkanes of at least 4 members (excludes halogenated alkanes) is 1. The fourth-order valence-electron chi connectivity index (χ4n) is 1.82. The summed E-state index contributed by atoms with van der Waals surface area (Å²) < 4.78 is 19.6. The summed E-state index contributed by atoms with van der Waals surface area (Å²) in [7, 11) is 0. The average molecular weight is 266 g/mol. The van der Waals surface area contributed by atoms with Crippen molar-refractivity contribution in [2.75, 3.05) is 6.61 Å². The minimum Gasteiger partial charge on any atom is -0.462 e. The smallest absolute Gasteiger partial charge is 0.348 e. The molecule has 0 amide bonds. The van der Waals surface area contributed by atoms with Crippen LogP contribution in [0.15, 0.2) is 18.2 Å². The first-order valence-electron chi connectivity index (χ1n) is 6.00. The van der Waals surface area contributed by atoms with Gasteiger partial charge in [0.05, 0.1) is 6.61 Å². The normalized spacial score (nSPS) is 10.8. The van der Waals surface area contributed by atoms with Crippen LogP contribution in [-0.2, 0) is 4.74 Å². The van der Waals surface area contributed by atoms with Gasteiger partial charge in [-0.2, -0.15) is 0 Å². The quantitative estimate of drug-likeness (QED) is 0.609. The first kappa shape index (κ1) is 13.0. The standard InChI is InChI=1S/C14H15FO2S/c1-3-4-8-17-14(16)13-9(2)12-10(15)6-5-7-11(12)18-13/h5-7H,3-4,8H2,1-2H3. The van der Waals surface area contributed by atoms with E-state index in [0.717, 1.165) is 17.5 Å². The second kappa shape index (κ2) is 5.48. The Balaban J connectivity index is 2.31. The maximum absolute atomic E-state index is 13.7. The Hall–Kier alpha value is -1.42. The highest BCUT2D eigenvalue weighted by atomic mass is 32.1. The van der Waals surface area contributed by atoms with Crippen molar-refractivity contribution in [3.8, 4) is 0 Å². The predicted molar refractivity (Wildman–Crippen MR) is 71.7 cm³/mol. The van der Waals surface area contributed by atoms with Gasteiger partial charge < -0.3 is 4.74 Å². The fourth-order valence-corrected chi connectivity index (χ4v) is 2.94. The van der Waals surface area contributed by atoms with Crippen LogP contribution in [-0.4, -0.2) is 12.6 Å². The van der Waals surface area contributed by atoms with Crippen LogP contribution < -0.4 is 0 Å². The third kappa shape index (κ3) is 2.38. The number of aryl methyl sites for hydroxylation is 1. The van der Waals surface area contributed by atoms with Gasteiger partial charge in [-0.3, -0.25) is 0 Å². The van der Waals surface area contributed by atoms with E-state index in [9.17, 15) is 9.18 Å². The van der Waals surface area contributed by atoms with Gasteiger partial charge in [0.25, 0.3) is 0 Å². The lowest BCUT2D eigenvalue weighted by Gasteiger charge is -2.02. The summed E-state index contributed by atoms with van der Waals surface area (Å²) in [5.41, 5.74) is 0.676. The van der Waals surface area contributed by atoms with Gasteiger partial charge in [-0.05, 0) is 31.0 Å². The van der Waals surface area contributed by atoms with Crippen molar-refractivity contribution in [3.05, 3.63) is 34.5 Å². The molecule has 0 spiro atoms. The first-order chi connectivity index (χ1) is 8.65. The van der Waals surface area contributed by atoms with Crippen LogP contribution in [0.25, 0.3) is 10.1 Å². The van der Waals surface area contributed by atoms with Crippen LogP contribution in [0.1, 0.15) is 35.0 Å². The lowest BCUT2D eigenvalue weighted by Crippen LogP contribution is -2.05. The summed E-state index contributed by atoms with van der Waals surface area (Å²) in [4.78, 5) is 12.4. The Kier molecular flexibility index (Phi) is 3.97. The summed E-state index contributed by atoms with van der Waals surface area (Å²) in [5, 5.41) is 0.532. The molecule has 0 aliphatic rings. The molecule has 18 heavy (non-hydrogen) atoms. The first-order valence-corrected chi connectivity index (χ1v) is 6.81. The molecule has 0 unspecified atom stereocenters. The van der Waals surface area contributed by atoms with E-state index in [4.69, 9.17) is 4.74 Å². The molecule has 0 fully saturated rings. The summed E-state index contributed by atoms with van der Waals surface area (Å²) in [6.45, 7) is 4.22. The molecule has 96 valence electrons. The molecule has 0 saturated heterocycles. The van der Waals surface area contributed by atoms with E-state index < -0.39 is 0 Å². The Bertz CT molecular complexity index is 574. The number of carbonyl (C=O) groups is 1. The van der Waals surface area contributed by atoms with E-state index in [1.807, 2.05) is 13.0 Å². The summed E-state index contributed by atoms with van der Waals surface area (Å²) in [6, 6.07) is 4.88. The molecule has 2 rings (SSSR count). The number of halogens is 1. The Morgan fingerprint density at radius 3 is 2.89 bits per heavy atom. The van der Waals surface area contributed by atoms with Gasteiger partial charge in [0.2, 0.25) is 0 Å². The number of thiophene rings is 1. The molecule has 0 N–H and O–H groups in total. The van der Waals surface area contributed by atoms with Crippen molar-refractivity contribution in [1.29, 1.82) is 0 Å². The number of ether oxygens (including phenoxy) is 1. The lowest BCUT2D eigenvalue weighted by molar-refractivity contribution is 0.0505. The second-order valence-corrected chi connectivity index (χ2v) is 5.21. The number of fused-ring (bicyclic) bond motifs is 1.